The summed E-state index contributed by atoms with van der Waals surface area (Å²) in [4.78, 5) is 10.2. The van der Waals surface area contributed by atoms with Gasteiger partial charge in [0.25, 0.3) is 0 Å². The van der Waals surface area contributed by atoms with Gasteiger partial charge in [-0.1, -0.05) is 19.8 Å². The first-order chi connectivity index (χ1) is 11.3. The molecule has 3 aliphatic rings. The molecule has 24 heavy (non-hydrogen) atoms. The van der Waals surface area contributed by atoms with E-state index in [0.717, 1.165) is 24.9 Å². The summed E-state index contributed by atoms with van der Waals surface area (Å²) in [6, 6.07) is 0. The monoisotopic (exact) mass is 448 g/mol. The van der Waals surface area contributed by atoms with E-state index in [9.17, 15) is 0 Å². The summed E-state index contributed by atoms with van der Waals surface area (Å²) >= 11 is 0. The Hall–Kier alpha value is -0.0400. The van der Waals surface area contributed by atoms with Gasteiger partial charge in [-0.05, 0) is 63.5 Å². The summed E-state index contributed by atoms with van der Waals surface area (Å²) in [6.45, 7) is 12.8. The maximum Gasteiger partial charge on any atom is 0.193 e. The molecule has 5 heteroatoms. The summed E-state index contributed by atoms with van der Waals surface area (Å²) in [5, 5.41) is 3.55. The summed E-state index contributed by atoms with van der Waals surface area (Å²) in [5.74, 6) is 3.69. The van der Waals surface area contributed by atoms with Crippen LogP contribution in [-0.4, -0.2) is 61.6 Å². The van der Waals surface area contributed by atoms with Gasteiger partial charge in [0.2, 0.25) is 0 Å². The second-order valence-electron chi connectivity index (χ2n) is 8.02. The van der Waals surface area contributed by atoms with Crippen molar-refractivity contribution >= 4 is 29.9 Å². The van der Waals surface area contributed by atoms with Crippen molar-refractivity contribution in [1.82, 2.24) is 15.1 Å². The molecule has 0 radical (unpaired) electrons. The molecule has 2 saturated heterocycles. The highest BCUT2D eigenvalue weighted by Gasteiger charge is 2.35. The number of aliphatic imine (C=N–C) groups is 1. The molecule has 2 heterocycles. The van der Waals surface area contributed by atoms with Crippen molar-refractivity contribution in [2.24, 2.45) is 22.7 Å². The maximum atomic E-state index is 5.00. The highest BCUT2D eigenvalue weighted by Crippen LogP contribution is 2.35. The molecule has 3 unspecified atom stereocenters. The molecule has 0 bridgehead atoms. The van der Waals surface area contributed by atoms with Crippen molar-refractivity contribution in [3.63, 3.8) is 0 Å². The predicted octanol–water partition coefficient (Wildman–Crippen LogP) is 3.42. The third-order valence-electron chi connectivity index (χ3n) is 5.93. The number of halogens is 1. The number of nitrogens with zero attached hydrogens (tertiary/aromatic N) is 3. The average molecular weight is 448 g/mol. The van der Waals surface area contributed by atoms with Crippen molar-refractivity contribution in [2.45, 2.75) is 52.4 Å². The van der Waals surface area contributed by atoms with Gasteiger partial charge in [-0.25, -0.2) is 0 Å². The van der Waals surface area contributed by atoms with Crippen molar-refractivity contribution in [2.75, 3.05) is 45.8 Å². The fourth-order valence-corrected chi connectivity index (χ4v) is 4.71. The van der Waals surface area contributed by atoms with Gasteiger partial charge in [-0.15, -0.1) is 24.0 Å². The fraction of sp³-hybridized carbons (Fsp3) is 0.947. The number of likely N-dealkylation sites (tertiary alicyclic amines) is 2. The van der Waals surface area contributed by atoms with Crippen LogP contribution in [0.25, 0.3) is 0 Å². The van der Waals surface area contributed by atoms with E-state index in [-0.39, 0.29) is 24.0 Å². The highest BCUT2D eigenvalue weighted by molar-refractivity contribution is 14.0. The molecule has 4 nitrogen and oxygen atoms in total. The van der Waals surface area contributed by atoms with Crippen LogP contribution in [-0.2, 0) is 0 Å². The third kappa shape index (κ3) is 5.48. The van der Waals surface area contributed by atoms with E-state index in [1.165, 1.54) is 77.2 Å². The van der Waals surface area contributed by atoms with Gasteiger partial charge in [-0.3, -0.25) is 4.99 Å². The molecule has 140 valence electrons. The Kier molecular flexibility index (Phi) is 8.61. The lowest BCUT2D eigenvalue weighted by molar-refractivity contribution is 0.291. The zero-order chi connectivity index (χ0) is 16.1. The lowest BCUT2D eigenvalue weighted by Crippen LogP contribution is -2.40. The maximum absolute atomic E-state index is 5.00. The van der Waals surface area contributed by atoms with E-state index in [1.807, 2.05) is 0 Å². The molecule has 0 spiro atoms. The Morgan fingerprint density at radius 2 is 1.71 bits per heavy atom. The Labute approximate surface area is 165 Å². The van der Waals surface area contributed by atoms with Gasteiger partial charge in [0, 0.05) is 32.7 Å². The summed E-state index contributed by atoms with van der Waals surface area (Å²) < 4.78 is 0. The van der Waals surface area contributed by atoms with Crippen LogP contribution >= 0.6 is 24.0 Å². The highest BCUT2D eigenvalue weighted by atomic mass is 127. The number of hydrogen-bond donors (Lipinski definition) is 1. The van der Waals surface area contributed by atoms with E-state index < -0.39 is 0 Å². The molecule has 1 saturated carbocycles. The molecule has 3 rings (SSSR count). The zero-order valence-corrected chi connectivity index (χ0v) is 18.0. The summed E-state index contributed by atoms with van der Waals surface area (Å²) in [7, 11) is 0. The first-order valence-corrected chi connectivity index (χ1v) is 10.0. The molecule has 3 atom stereocenters. The smallest absolute Gasteiger partial charge is 0.193 e. The number of fused-ring (bicyclic) bond motifs is 1. The van der Waals surface area contributed by atoms with Gasteiger partial charge in [0.1, 0.15) is 0 Å². The molecular weight excluding hydrogens is 411 g/mol. The van der Waals surface area contributed by atoms with E-state index in [2.05, 4.69) is 29.0 Å². The van der Waals surface area contributed by atoms with E-state index >= 15 is 0 Å². The third-order valence-corrected chi connectivity index (χ3v) is 5.93. The normalized spacial score (nSPS) is 29.2. The topological polar surface area (TPSA) is 30.9 Å². The Bertz CT molecular complexity index is 381. The van der Waals surface area contributed by atoms with Crippen LogP contribution in [0.1, 0.15) is 52.4 Å². The summed E-state index contributed by atoms with van der Waals surface area (Å²) in [5.41, 5.74) is 0. The Morgan fingerprint density at radius 3 is 2.29 bits per heavy atom. The van der Waals surface area contributed by atoms with Crippen LogP contribution in [0.4, 0.5) is 0 Å². The number of hydrogen-bond acceptors (Lipinski definition) is 2. The summed E-state index contributed by atoms with van der Waals surface area (Å²) in [6.07, 6.45) is 8.52. The molecule has 3 fully saturated rings. The van der Waals surface area contributed by atoms with Gasteiger partial charge >= 0.3 is 0 Å². The minimum atomic E-state index is 0. The van der Waals surface area contributed by atoms with E-state index in [4.69, 9.17) is 4.99 Å². The lowest BCUT2D eigenvalue weighted by atomic mass is 9.82. The van der Waals surface area contributed by atoms with Crippen LogP contribution in [0.15, 0.2) is 4.99 Å². The quantitative estimate of drug-likeness (QED) is 0.397. The molecule has 1 aliphatic carbocycles. The molecule has 2 aliphatic heterocycles. The minimum absolute atomic E-state index is 0. The van der Waals surface area contributed by atoms with Crippen molar-refractivity contribution in [3.8, 4) is 0 Å². The van der Waals surface area contributed by atoms with Crippen LogP contribution in [0.3, 0.4) is 0 Å². The first-order valence-electron chi connectivity index (χ1n) is 10.0. The molecule has 0 aromatic heterocycles. The molecular formula is C19H37IN4. The first kappa shape index (κ1) is 20.3. The second-order valence-corrected chi connectivity index (χ2v) is 8.02. The molecule has 0 amide bonds. The minimum Gasteiger partial charge on any atom is -0.357 e. The zero-order valence-electron chi connectivity index (χ0n) is 15.7. The van der Waals surface area contributed by atoms with Gasteiger partial charge in [-0.2, -0.15) is 0 Å². The van der Waals surface area contributed by atoms with Gasteiger partial charge in [0.15, 0.2) is 5.96 Å². The average Bonchev–Trinajstić information content (AvgIpc) is 3.20. The number of rotatable bonds is 5. The Morgan fingerprint density at radius 1 is 1.08 bits per heavy atom. The lowest BCUT2D eigenvalue weighted by Gasteiger charge is -2.23. The molecule has 1 N–H and O–H groups in total. The van der Waals surface area contributed by atoms with Gasteiger partial charge in [0.05, 0.1) is 0 Å². The van der Waals surface area contributed by atoms with E-state index in [1.54, 1.807) is 0 Å². The molecule has 0 aromatic rings. The van der Waals surface area contributed by atoms with Crippen molar-refractivity contribution in [3.05, 3.63) is 0 Å². The second kappa shape index (κ2) is 10.2. The van der Waals surface area contributed by atoms with Crippen LogP contribution in [0, 0.1) is 17.8 Å². The standard InChI is InChI=1S/C19H36N4.HI/c1-3-20-19(21-12-16(2)13-22-10-6-7-11-22)23-14-17-8-4-5-9-18(17)15-23;/h16-18H,3-15H2,1-2H3,(H,20,21);1H. The Balaban J connectivity index is 0.00000208. The van der Waals surface area contributed by atoms with Gasteiger partial charge < -0.3 is 15.1 Å². The molecule has 0 aromatic carbocycles. The van der Waals surface area contributed by atoms with E-state index in [0.29, 0.717) is 5.92 Å². The van der Waals surface area contributed by atoms with Crippen LogP contribution in [0.5, 0.6) is 0 Å². The number of nitrogens with one attached hydrogen (secondary N) is 1. The fourth-order valence-electron chi connectivity index (χ4n) is 4.71. The largest absolute Gasteiger partial charge is 0.357 e. The van der Waals surface area contributed by atoms with Crippen molar-refractivity contribution in [1.29, 1.82) is 0 Å². The van der Waals surface area contributed by atoms with Crippen LogP contribution < -0.4 is 5.32 Å². The predicted molar refractivity (Wildman–Crippen MR) is 113 cm³/mol. The number of guanidine groups is 1. The SMILES string of the molecule is CCNC(=NCC(C)CN1CCCC1)N1CC2CCCCC2C1.I. The van der Waals surface area contributed by atoms with Crippen molar-refractivity contribution < 1.29 is 0 Å². The van der Waals surface area contributed by atoms with Crippen LogP contribution in [0.2, 0.25) is 0 Å².